The molecule has 0 fully saturated rings. The van der Waals surface area contributed by atoms with Gasteiger partial charge >= 0.3 is 0 Å². The largest absolute Gasteiger partial charge is 0.377 e. The summed E-state index contributed by atoms with van der Waals surface area (Å²) >= 11 is 0. The van der Waals surface area contributed by atoms with Crippen LogP contribution in [0, 0.1) is 5.92 Å². The average molecular weight is 245 g/mol. The molecule has 0 bridgehead atoms. The molecule has 0 radical (unpaired) electrons. The van der Waals surface area contributed by atoms with Gasteiger partial charge in [-0.2, -0.15) is 0 Å². The molecule has 0 amide bonds. The fourth-order valence-electron chi connectivity index (χ4n) is 2.62. The first kappa shape index (κ1) is 13.3. The van der Waals surface area contributed by atoms with Crippen LogP contribution in [0.2, 0.25) is 0 Å². The highest BCUT2D eigenvalue weighted by atomic mass is 16.5. The van der Waals surface area contributed by atoms with Gasteiger partial charge in [-0.15, -0.1) is 0 Å². The van der Waals surface area contributed by atoms with Gasteiger partial charge in [-0.1, -0.05) is 32.9 Å². The van der Waals surface area contributed by atoms with E-state index in [0.717, 1.165) is 31.7 Å². The first-order valence-electron chi connectivity index (χ1n) is 6.96. The molecular formula is C16H23NO. The van der Waals surface area contributed by atoms with Crippen LogP contribution in [-0.4, -0.2) is 18.2 Å². The van der Waals surface area contributed by atoms with Crippen LogP contribution in [0.15, 0.2) is 24.3 Å². The summed E-state index contributed by atoms with van der Waals surface area (Å²) in [6.07, 6.45) is 4.29. The lowest BCUT2D eigenvalue weighted by atomic mass is 9.89. The van der Waals surface area contributed by atoms with Crippen molar-refractivity contribution in [3.8, 4) is 0 Å². The fraction of sp³-hybridized carbons (Fsp3) is 0.562. The number of hydrogen-bond acceptors (Lipinski definition) is 2. The summed E-state index contributed by atoms with van der Waals surface area (Å²) in [5, 5.41) is 0. The summed E-state index contributed by atoms with van der Waals surface area (Å²) in [5.74, 6) is 1.20. The average Bonchev–Trinajstić information content (AvgIpc) is 2.40. The van der Waals surface area contributed by atoms with Crippen LogP contribution < -0.4 is 0 Å². The predicted octanol–water partition coefficient (Wildman–Crippen LogP) is 4.03. The van der Waals surface area contributed by atoms with Gasteiger partial charge in [0.25, 0.3) is 0 Å². The van der Waals surface area contributed by atoms with Crippen molar-refractivity contribution in [3.63, 3.8) is 0 Å². The van der Waals surface area contributed by atoms with E-state index in [4.69, 9.17) is 9.72 Å². The fourth-order valence-corrected chi connectivity index (χ4v) is 2.62. The summed E-state index contributed by atoms with van der Waals surface area (Å²) in [5.41, 5.74) is 3.70. The Kier molecular flexibility index (Phi) is 4.54. The Morgan fingerprint density at radius 2 is 2.17 bits per heavy atom. The third-order valence-electron chi connectivity index (χ3n) is 3.69. The lowest BCUT2D eigenvalue weighted by Crippen LogP contribution is -2.10. The maximum absolute atomic E-state index is 5.35. The van der Waals surface area contributed by atoms with Gasteiger partial charge in [-0.3, -0.25) is 4.98 Å². The van der Waals surface area contributed by atoms with E-state index in [1.54, 1.807) is 0 Å². The molecule has 0 aliphatic carbocycles. The van der Waals surface area contributed by atoms with Crippen LogP contribution in [0.25, 0.3) is 5.57 Å². The van der Waals surface area contributed by atoms with Gasteiger partial charge in [0.05, 0.1) is 18.9 Å². The SMILES string of the molecule is CCC(c1cccc(C2=CCOCC2)n1)C(C)C. The number of pyridine rings is 1. The molecule has 2 rings (SSSR count). The molecule has 1 unspecified atom stereocenters. The molecule has 0 spiro atoms. The zero-order valence-electron chi connectivity index (χ0n) is 11.6. The Balaban J connectivity index is 2.26. The number of ether oxygens (including phenoxy) is 1. The number of rotatable bonds is 4. The van der Waals surface area contributed by atoms with E-state index in [1.807, 2.05) is 0 Å². The quantitative estimate of drug-likeness (QED) is 0.799. The van der Waals surface area contributed by atoms with Crippen molar-refractivity contribution >= 4 is 5.57 Å². The first-order valence-corrected chi connectivity index (χ1v) is 6.96. The first-order chi connectivity index (χ1) is 8.72. The minimum atomic E-state index is 0.561. The third-order valence-corrected chi connectivity index (χ3v) is 3.69. The van der Waals surface area contributed by atoms with Gasteiger partial charge in [0.15, 0.2) is 0 Å². The van der Waals surface area contributed by atoms with Crippen molar-refractivity contribution in [2.45, 2.75) is 39.5 Å². The molecule has 18 heavy (non-hydrogen) atoms. The maximum atomic E-state index is 5.35. The molecule has 0 aromatic carbocycles. The Labute approximate surface area is 110 Å². The lowest BCUT2D eigenvalue weighted by Gasteiger charge is -2.20. The highest BCUT2D eigenvalue weighted by Crippen LogP contribution is 2.28. The van der Waals surface area contributed by atoms with Crippen LogP contribution in [0.1, 0.15) is 50.9 Å². The van der Waals surface area contributed by atoms with Crippen molar-refractivity contribution < 1.29 is 4.74 Å². The van der Waals surface area contributed by atoms with E-state index in [9.17, 15) is 0 Å². The molecule has 2 heteroatoms. The highest BCUT2D eigenvalue weighted by molar-refractivity contribution is 5.63. The van der Waals surface area contributed by atoms with Gasteiger partial charge in [-0.25, -0.2) is 0 Å². The van der Waals surface area contributed by atoms with Crippen LogP contribution in [0.5, 0.6) is 0 Å². The molecule has 98 valence electrons. The second-order valence-electron chi connectivity index (χ2n) is 5.26. The molecule has 2 heterocycles. The zero-order valence-corrected chi connectivity index (χ0v) is 11.6. The van der Waals surface area contributed by atoms with Crippen molar-refractivity contribution in [1.82, 2.24) is 4.98 Å². The van der Waals surface area contributed by atoms with Gasteiger partial charge in [-0.05, 0) is 36.5 Å². The Morgan fingerprint density at radius 3 is 2.78 bits per heavy atom. The monoisotopic (exact) mass is 245 g/mol. The summed E-state index contributed by atoms with van der Waals surface area (Å²) in [6, 6.07) is 6.42. The van der Waals surface area contributed by atoms with Gasteiger partial charge in [0.1, 0.15) is 0 Å². The van der Waals surface area contributed by atoms with Crippen LogP contribution in [-0.2, 0) is 4.74 Å². The van der Waals surface area contributed by atoms with Crippen molar-refractivity contribution in [1.29, 1.82) is 0 Å². The minimum absolute atomic E-state index is 0.561. The molecule has 2 nitrogen and oxygen atoms in total. The molecule has 0 saturated heterocycles. The number of aromatic nitrogens is 1. The molecule has 1 atom stereocenters. The van der Waals surface area contributed by atoms with Crippen molar-refractivity contribution in [3.05, 3.63) is 35.7 Å². The zero-order chi connectivity index (χ0) is 13.0. The summed E-state index contributed by atoms with van der Waals surface area (Å²) in [7, 11) is 0. The third kappa shape index (κ3) is 2.99. The molecule has 0 saturated carbocycles. The van der Waals surface area contributed by atoms with E-state index in [1.165, 1.54) is 11.3 Å². The van der Waals surface area contributed by atoms with Crippen molar-refractivity contribution in [2.75, 3.05) is 13.2 Å². The van der Waals surface area contributed by atoms with E-state index in [-0.39, 0.29) is 0 Å². The highest BCUT2D eigenvalue weighted by Gasteiger charge is 2.16. The van der Waals surface area contributed by atoms with E-state index < -0.39 is 0 Å². The van der Waals surface area contributed by atoms with Crippen LogP contribution >= 0.6 is 0 Å². The topological polar surface area (TPSA) is 22.1 Å². The molecule has 1 aliphatic rings. The van der Waals surface area contributed by atoms with E-state index in [2.05, 4.69) is 45.0 Å². The second-order valence-corrected chi connectivity index (χ2v) is 5.26. The second kappa shape index (κ2) is 6.14. The van der Waals surface area contributed by atoms with E-state index in [0.29, 0.717) is 11.8 Å². The summed E-state index contributed by atoms with van der Waals surface area (Å²) in [4.78, 5) is 4.86. The van der Waals surface area contributed by atoms with Gasteiger partial charge < -0.3 is 4.74 Å². The minimum Gasteiger partial charge on any atom is -0.377 e. The number of nitrogens with zero attached hydrogens (tertiary/aromatic N) is 1. The molecule has 1 aliphatic heterocycles. The maximum Gasteiger partial charge on any atom is 0.0663 e. The summed E-state index contributed by atoms with van der Waals surface area (Å²) in [6.45, 7) is 8.33. The lowest BCUT2D eigenvalue weighted by molar-refractivity contribution is 0.161. The molecule has 0 N–H and O–H groups in total. The number of hydrogen-bond donors (Lipinski definition) is 0. The van der Waals surface area contributed by atoms with Crippen LogP contribution in [0.3, 0.4) is 0 Å². The Hall–Kier alpha value is -1.15. The standard InChI is InChI=1S/C16H23NO/c1-4-14(12(2)3)16-7-5-6-15(17-16)13-8-10-18-11-9-13/h5-8,12,14H,4,9-11H2,1-3H3. The molecule has 1 aromatic rings. The molecular weight excluding hydrogens is 222 g/mol. The van der Waals surface area contributed by atoms with E-state index >= 15 is 0 Å². The Bertz CT molecular complexity index is 423. The molecule has 1 aromatic heterocycles. The Morgan fingerprint density at radius 1 is 1.33 bits per heavy atom. The normalized spacial score (nSPS) is 17.7. The smallest absolute Gasteiger partial charge is 0.0663 e. The predicted molar refractivity (Wildman–Crippen MR) is 75.5 cm³/mol. The van der Waals surface area contributed by atoms with Crippen LogP contribution in [0.4, 0.5) is 0 Å². The summed E-state index contributed by atoms with van der Waals surface area (Å²) < 4.78 is 5.35. The van der Waals surface area contributed by atoms with Gasteiger partial charge in [0, 0.05) is 11.6 Å². The van der Waals surface area contributed by atoms with Crippen molar-refractivity contribution in [2.24, 2.45) is 5.92 Å². The van der Waals surface area contributed by atoms with Gasteiger partial charge in [0.2, 0.25) is 0 Å².